The van der Waals surface area contributed by atoms with Crippen LogP contribution in [0.3, 0.4) is 0 Å². The summed E-state index contributed by atoms with van der Waals surface area (Å²) in [5.41, 5.74) is 1.15. The van der Waals surface area contributed by atoms with E-state index in [1.807, 2.05) is 44.3 Å². The van der Waals surface area contributed by atoms with Crippen molar-refractivity contribution in [3.05, 3.63) is 66.5 Å². The number of hydrogen-bond acceptors (Lipinski definition) is 7. The fourth-order valence-electron chi connectivity index (χ4n) is 3.91. The van der Waals surface area contributed by atoms with E-state index in [0.29, 0.717) is 42.6 Å². The van der Waals surface area contributed by atoms with Crippen LogP contribution in [-0.2, 0) is 16.6 Å². The minimum absolute atomic E-state index is 0.178. The lowest BCUT2D eigenvalue weighted by Crippen LogP contribution is -2.34. The predicted molar refractivity (Wildman–Crippen MR) is 146 cm³/mol. The summed E-state index contributed by atoms with van der Waals surface area (Å²) >= 11 is 1.40. The molecule has 0 saturated carbocycles. The van der Waals surface area contributed by atoms with Gasteiger partial charge in [-0.05, 0) is 55.0 Å². The SMILES string of the molecule is CCCCN(CC)S(=O)(=O)c1ccc(C(=O)N(CCn2cccn2)c2nc3ccc(OC)cc3s2)cc1. The van der Waals surface area contributed by atoms with Gasteiger partial charge in [-0.3, -0.25) is 14.4 Å². The topological polar surface area (TPSA) is 97.6 Å². The van der Waals surface area contributed by atoms with E-state index < -0.39 is 10.0 Å². The van der Waals surface area contributed by atoms with Crippen molar-refractivity contribution < 1.29 is 17.9 Å². The van der Waals surface area contributed by atoms with E-state index in [0.717, 1.165) is 23.1 Å². The Bertz CT molecular complexity index is 1430. The molecule has 0 atom stereocenters. The Labute approximate surface area is 221 Å². The molecule has 0 unspecified atom stereocenters. The Kier molecular flexibility index (Phi) is 8.57. The zero-order valence-corrected chi connectivity index (χ0v) is 22.8. The number of thiazole rings is 1. The Morgan fingerprint density at radius 1 is 1.11 bits per heavy atom. The largest absolute Gasteiger partial charge is 0.497 e. The standard InChI is InChI=1S/C26H31N5O4S2/c1-4-6-16-30(5-2)37(33,34)22-11-8-20(9-12-22)25(32)31(18-17-29-15-7-14-27-29)26-28-23-13-10-21(35-3)19-24(23)36-26/h7-15,19H,4-6,16-18H2,1-3H3. The summed E-state index contributed by atoms with van der Waals surface area (Å²) in [5.74, 6) is 0.453. The molecule has 0 radical (unpaired) electrons. The number of unbranched alkanes of at least 4 members (excludes halogenated alkanes) is 1. The van der Waals surface area contributed by atoms with Gasteiger partial charge in [-0.15, -0.1) is 0 Å². The number of fused-ring (bicyclic) bond motifs is 1. The molecule has 0 aliphatic carbocycles. The minimum atomic E-state index is -3.63. The van der Waals surface area contributed by atoms with Gasteiger partial charge in [0, 0.05) is 37.6 Å². The van der Waals surface area contributed by atoms with Crippen LogP contribution in [-0.4, -0.2) is 60.1 Å². The molecule has 2 aromatic carbocycles. The summed E-state index contributed by atoms with van der Waals surface area (Å²) in [7, 11) is -2.02. The minimum Gasteiger partial charge on any atom is -0.497 e. The Morgan fingerprint density at radius 3 is 2.54 bits per heavy atom. The monoisotopic (exact) mass is 541 g/mol. The van der Waals surface area contributed by atoms with Gasteiger partial charge >= 0.3 is 0 Å². The average Bonchev–Trinajstić information content (AvgIpc) is 3.58. The fourth-order valence-corrected chi connectivity index (χ4v) is 6.42. The Morgan fingerprint density at radius 2 is 1.89 bits per heavy atom. The van der Waals surface area contributed by atoms with Crippen LogP contribution in [0.5, 0.6) is 5.75 Å². The molecular weight excluding hydrogens is 510 g/mol. The number of aromatic nitrogens is 3. The van der Waals surface area contributed by atoms with Gasteiger partial charge in [-0.1, -0.05) is 31.6 Å². The zero-order valence-electron chi connectivity index (χ0n) is 21.2. The maximum Gasteiger partial charge on any atom is 0.260 e. The van der Waals surface area contributed by atoms with Crippen molar-refractivity contribution in [2.24, 2.45) is 0 Å². The summed E-state index contributed by atoms with van der Waals surface area (Å²) in [6.07, 6.45) is 5.23. The third-order valence-corrected chi connectivity index (χ3v) is 9.05. The fraction of sp³-hybridized carbons (Fsp3) is 0.346. The van der Waals surface area contributed by atoms with Gasteiger partial charge in [0.15, 0.2) is 5.13 Å². The molecule has 37 heavy (non-hydrogen) atoms. The molecule has 196 valence electrons. The molecule has 1 amide bonds. The highest BCUT2D eigenvalue weighted by atomic mass is 32.2. The first-order valence-electron chi connectivity index (χ1n) is 12.2. The number of anilines is 1. The van der Waals surface area contributed by atoms with E-state index in [4.69, 9.17) is 9.72 Å². The van der Waals surface area contributed by atoms with E-state index in [1.165, 1.54) is 27.8 Å². The van der Waals surface area contributed by atoms with Crippen molar-refractivity contribution in [3.63, 3.8) is 0 Å². The maximum absolute atomic E-state index is 13.7. The molecule has 2 aromatic heterocycles. The number of hydrogen-bond donors (Lipinski definition) is 0. The van der Waals surface area contributed by atoms with Crippen molar-refractivity contribution in [3.8, 4) is 5.75 Å². The number of methoxy groups -OCH3 is 1. The first kappa shape index (κ1) is 26.8. The van der Waals surface area contributed by atoms with Crippen LogP contribution in [0.1, 0.15) is 37.0 Å². The molecule has 2 heterocycles. The lowest BCUT2D eigenvalue weighted by Gasteiger charge is -2.21. The molecule has 0 spiro atoms. The highest BCUT2D eigenvalue weighted by molar-refractivity contribution is 7.89. The van der Waals surface area contributed by atoms with Gasteiger partial charge in [0.2, 0.25) is 10.0 Å². The van der Waals surface area contributed by atoms with Gasteiger partial charge in [0.25, 0.3) is 5.91 Å². The van der Waals surface area contributed by atoms with E-state index in [1.54, 1.807) is 35.0 Å². The van der Waals surface area contributed by atoms with Crippen LogP contribution in [0, 0.1) is 0 Å². The van der Waals surface area contributed by atoms with Crippen LogP contribution in [0.2, 0.25) is 0 Å². The molecule has 4 rings (SSSR count). The normalized spacial score (nSPS) is 11.8. The second-order valence-electron chi connectivity index (χ2n) is 8.43. The van der Waals surface area contributed by atoms with Crippen LogP contribution >= 0.6 is 11.3 Å². The lowest BCUT2D eigenvalue weighted by atomic mass is 10.2. The first-order chi connectivity index (χ1) is 17.9. The van der Waals surface area contributed by atoms with Crippen LogP contribution in [0.25, 0.3) is 10.2 Å². The third-order valence-electron chi connectivity index (χ3n) is 6.03. The Balaban J connectivity index is 1.63. The summed E-state index contributed by atoms with van der Waals surface area (Å²) < 4.78 is 35.6. The highest BCUT2D eigenvalue weighted by Crippen LogP contribution is 2.32. The molecule has 0 N–H and O–H groups in total. The summed E-state index contributed by atoms with van der Waals surface area (Å²) in [6.45, 7) is 5.55. The summed E-state index contributed by atoms with van der Waals surface area (Å²) in [6, 6.07) is 13.6. The molecule has 11 heteroatoms. The number of nitrogens with zero attached hydrogens (tertiary/aromatic N) is 5. The average molecular weight is 542 g/mol. The second-order valence-corrected chi connectivity index (χ2v) is 11.4. The number of carbonyl (C=O) groups excluding carboxylic acids is 1. The smallest absolute Gasteiger partial charge is 0.260 e. The maximum atomic E-state index is 13.7. The van der Waals surface area contributed by atoms with Crippen molar-refractivity contribution in [1.82, 2.24) is 19.1 Å². The first-order valence-corrected chi connectivity index (χ1v) is 14.5. The Hall–Kier alpha value is -3.28. The number of ether oxygens (including phenoxy) is 1. The van der Waals surface area contributed by atoms with Gasteiger partial charge in [0.1, 0.15) is 5.75 Å². The lowest BCUT2D eigenvalue weighted by molar-refractivity contribution is 0.0985. The van der Waals surface area contributed by atoms with Gasteiger partial charge in [-0.25, -0.2) is 13.4 Å². The third kappa shape index (κ3) is 6.00. The number of amides is 1. The molecule has 0 saturated heterocycles. The van der Waals surface area contributed by atoms with Crippen molar-refractivity contribution >= 4 is 42.6 Å². The van der Waals surface area contributed by atoms with Crippen LogP contribution in [0.15, 0.2) is 65.8 Å². The van der Waals surface area contributed by atoms with E-state index in [9.17, 15) is 13.2 Å². The number of carbonyl (C=O) groups is 1. The van der Waals surface area contributed by atoms with Gasteiger partial charge in [-0.2, -0.15) is 9.40 Å². The number of sulfonamides is 1. The molecule has 0 bridgehead atoms. The van der Waals surface area contributed by atoms with E-state index in [-0.39, 0.29) is 10.8 Å². The van der Waals surface area contributed by atoms with Gasteiger partial charge < -0.3 is 4.74 Å². The molecule has 0 aliphatic heterocycles. The van der Waals surface area contributed by atoms with E-state index >= 15 is 0 Å². The highest BCUT2D eigenvalue weighted by Gasteiger charge is 2.25. The quantitative estimate of drug-likeness (QED) is 0.259. The van der Waals surface area contributed by atoms with Crippen molar-refractivity contribution in [2.75, 3.05) is 31.6 Å². The molecule has 0 fully saturated rings. The van der Waals surface area contributed by atoms with E-state index in [2.05, 4.69) is 5.10 Å². The van der Waals surface area contributed by atoms with Crippen LogP contribution < -0.4 is 9.64 Å². The summed E-state index contributed by atoms with van der Waals surface area (Å²) in [5, 5.41) is 4.79. The summed E-state index contributed by atoms with van der Waals surface area (Å²) in [4.78, 5) is 20.2. The molecule has 9 nitrogen and oxygen atoms in total. The second kappa shape index (κ2) is 11.8. The molecule has 4 aromatic rings. The van der Waals surface area contributed by atoms with Crippen LogP contribution in [0.4, 0.5) is 5.13 Å². The zero-order chi connectivity index (χ0) is 26.4. The van der Waals surface area contributed by atoms with Gasteiger partial charge in [0.05, 0.1) is 28.8 Å². The molecule has 0 aliphatic rings. The number of benzene rings is 2. The van der Waals surface area contributed by atoms with Crippen molar-refractivity contribution in [2.45, 2.75) is 38.1 Å². The molecular formula is C26H31N5O4S2. The predicted octanol–water partition coefficient (Wildman–Crippen LogP) is 4.66. The number of rotatable bonds is 12. The van der Waals surface area contributed by atoms with Crippen molar-refractivity contribution in [1.29, 1.82) is 0 Å².